The number of methoxy groups -OCH3 is 1. The molecule has 0 saturated heterocycles. The standard InChI is InChI=1S/C18H20N2O6S2/c1-3-27(22,23)19-13-8-9-18(17(12-13)26-2)28(24,25)20-11-10-16(21)14-6-4-5-7-15(14)20/h4-9,12,19H,3,10-11H2,1-2H3. The second kappa shape index (κ2) is 7.44. The predicted molar refractivity (Wildman–Crippen MR) is 106 cm³/mol. The molecule has 0 spiro atoms. The molecule has 1 heterocycles. The Morgan fingerprint density at radius 1 is 1.11 bits per heavy atom. The van der Waals surface area contributed by atoms with E-state index in [2.05, 4.69) is 4.72 Å². The van der Waals surface area contributed by atoms with Crippen LogP contribution in [0, 0.1) is 0 Å². The molecule has 3 rings (SSSR count). The minimum Gasteiger partial charge on any atom is -0.495 e. The molecule has 0 atom stereocenters. The molecule has 0 amide bonds. The number of hydrogen-bond acceptors (Lipinski definition) is 6. The first-order valence-corrected chi connectivity index (χ1v) is 11.6. The maximum atomic E-state index is 13.3. The van der Waals surface area contributed by atoms with Crippen molar-refractivity contribution in [1.82, 2.24) is 0 Å². The van der Waals surface area contributed by atoms with Gasteiger partial charge in [0.05, 0.1) is 24.2 Å². The lowest BCUT2D eigenvalue weighted by Gasteiger charge is -2.30. The van der Waals surface area contributed by atoms with Gasteiger partial charge < -0.3 is 4.74 Å². The highest BCUT2D eigenvalue weighted by atomic mass is 32.2. The number of Topliss-reactive ketones (excluding diaryl/α,β-unsaturated/α-hetero) is 1. The van der Waals surface area contributed by atoms with Gasteiger partial charge in [-0.25, -0.2) is 16.8 Å². The predicted octanol–water partition coefficient (Wildman–Crippen LogP) is 2.24. The van der Waals surface area contributed by atoms with Gasteiger partial charge in [0.25, 0.3) is 10.0 Å². The van der Waals surface area contributed by atoms with Gasteiger partial charge in [0.1, 0.15) is 10.6 Å². The lowest BCUT2D eigenvalue weighted by molar-refractivity contribution is 0.0982. The molecule has 1 aliphatic rings. The van der Waals surface area contributed by atoms with Gasteiger partial charge in [0.2, 0.25) is 10.0 Å². The van der Waals surface area contributed by atoms with E-state index >= 15 is 0 Å². The van der Waals surface area contributed by atoms with Crippen LogP contribution in [0.5, 0.6) is 5.75 Å². The highest BCUT2D eigenvalue weighted by molar-refractivity contribution is 7.93. The number of benzene rings is 2. The topological polar surface area (TPSA) is 110 Å². The molecule has 0 aliphatic carbocycles. The van der Waals surface area contributed by atoms with Crippen molar-refractivity contribution in [3.63, 3.8) is 0 Å². The number of nitrogens with zero attached hydrogens (tertiary/aromatic N) is 1. The van der Waals surface area contributed by atoms with Crippen LogP contribution in [0.1, 0.15) is 23.7 Å². The van der Waals surface area contributed by atoms with Crippen LogP contribution in [0.2, 0.25) is 0 Å². The van der Waals surface area contributed by atoms with Crippen molar-refractivity contribution in [2.75, 3.05) is 28.4 Å². The second-order valence-electron chi connectivity index (χ2n) is 6.14. The minimum absolute atomic E-state index is 0.00526. The Bertz CT molecular complexity index is 1130. The Labute approximate surface area is 164 Å². The molecule has 0 fully saturated rings. The molecule has 0 bridgehead atoms. The van der Waals surface area contributed by atoms with E-state index in [1.54, 1.807) is 24.3 Å². The summed E-state index contributed by atoms with van der Waals surface area (Å²) in [6.45, 7) is 1.51. The molecule has 0 saturated carbocycles. The summed E-state index contributed by atoms with van der Waals surface area (Å²) in [5.74, 6) is -0.224. The number of nitrogens with one attached hydrogen (secondary N) is 1. The fraction of sp³-hybridized carbons (Fsp3) is 0.278. The molecular weight excluding hydrogens is 404 g/mol. The van der Waals surface area contributed by atoms with Crippen LogP contribution in [0.4, 0.5) is 11.4 Å². The van der Waals surface area contributed by atoms with E-state index in [9.17, 15) is 21.6 Å². The van der Waals surface area contributed by atoms with Crippen LogP contribution in [0.3, 0.4) is 0 Å². The van der Waals surface area contributed by atoms with Crippen LogP contribution < -0.4 is 13.8 Å². The van der Waals surface area contributed by atoms with Gasteiger partial charge in [0.15, 0.2) is 5.78 Å². The number of fused-ring (bicyclic) bond motifs is 1. The highest BCUT2D eigenvalue weighted by Gasteiger charge is 2.34. The zero-order valence-corrected chi connectivity index (χ0v) is 17.0. The molecule has 2 aromatic carbocycles. The van der Waals surface area contributed by atoms with Gasteiger partial charge >= 0.3 is 0 Å². The second-order valence-corrected chi connectivity index (χ2v) is 9.98. The first-order valence-electron chi connectivity index (χ1n) is 8.53. The van der Waals surface area contributed by atoms with Crippen LogP contribution in [-0.2, 0) is 20.0 Å². The van der Waals surface area contributed by atoms with E-state index in [4.69, 9.17) is 4.74 Å². The van der Waals surface area contributed by atoms with Crippen molar-refractivity contribution in [3.8, 4) is 5.75 Å². The number of carbonyl (C=O) groups is 1. The normalized spacial score (nSPS) is 14.5. The first kappa shape index (κ1) is 20.2. The zero-order chi connectivity index (χ0) is 20.5. The lowest BCUT2D eigenvalue weighted by atomic mass is 10.0. The van der Waals surface area contributed by atoms with Gasteiger partial charge in [0, 0.05) is 24.6 Å². The van der Waals surface area contributed by atoms with Crippen molar-refractivity contribution in [3.05, 3.63) is 48.0 Å². The minimum atomic E-state index is -4.03. The third kappa shape index (κ3) is 3.69. The van der Waals surface area contributed by atoms with E-state index in [1.807, 2.05) is 0 Å². The Morgan fingerprint density at radius 2 is 1.82 bits per heavy atom. The Balaban J connectivity index is 2.05. The molecule has 1 N–H and O–H groups in total. The van der Waals surface area contributed by atoms with Gasteiger partial charge in [-0.3, -0.25) is 13.8 Å². The third-order valence-electron chi connectivity index (χ3n) is 4.40. The molecule has 2 aromatic rings. The molecule has 0 unspecified atom stereocenters. The van der Waals surface area contributed by atoms with Crippen molar-refractivity contribution < 1.29 is 26.4 Å². The average molecular weight is 425 g/mol. The molecule has 8 nitrogen and oxygen atoms in total. The fourth-order valence-electron chi connectivity index (χ4n) is 2.95. The molecule has 150 valence electrons. The number of hydrogen-bond donors (Lipinski definition) is 1. The summed E-state index contributed by atoms with van der Waals surface area (Å²) in [5.41, 5.74) is 0.868. The number of para-hydroxylation sites is 1. The van der Waals surface area contributed by atoms with E-state index in [0.29, 0.717) is 11.3 Å². The maximum absolute atomic E-state index is 13.3. The van der Waals surface area contributed by atoms with Crippen LogP contribution in [0.25, 0.3) is 0 Å². The molecule has 10 heteroatoms. The summed E-state index contributed by atoms with van der Waals surface area (Å²) in [5, 5.41) is 0. The largest absolute Gasteiger partial charge is 0.495 e. The highest BCUT2D eigenvalue weighted by Crippen LogP contribution is 2.36. The summed E-state index contributed by atoms with van der Waals surface area (Å²) < 4.78 is 58.8. The Morgan fingerprint density at radius 3 is 2.50 bits per heavy atom. The summed E-state index contributed by atoms with van der Waals surface area (Å²) in [6, 6.07) is 10.5. The van der Waals surface area contributed by atoms with E-state index in [0.717, 1.165) is 0 Å². The van der Waals surface area contributed by atoms with Gasteiger partial charge in [-0.1, -0.05) is 12.1 Å². The smallest absolute Gasteiger partial charge is 0.268 e. The zero-order valence-electron chi connectivity index (χ0n) is 15.4. The average Bonchev–Trinajstić information content (AvgIpc) is 2.67. The SMILES string of the molecule is CCS(=O)(=O)Nc1ccc(S(=O)(=O)N2CCC(=O)c3ccccc32)c(OC)c1. The van der Waals surface area contributed by atoms with Gasteiger partial charge in [-0.05, 0) is 31.2 Å². The van der Waals surface area contributed by atoms with Crippen molar-refractivity contribution in [1.29, 1.82) is 0 Å². The Hall–Kier alpha value is -2.59. The number of ketones is 1. The number of sulfonamides is 2. The fourth-order valence-corrected chi connectivity index (χ4v) is 5.20. The number of ether oxygens (including phenoxy) is 1. The van der Waals surface area contributed by atoms with E-state index in [1.165, 1.54) is 36.5 Å². The molecule has 28 heavy (non-hydrogen) atoms. The van der Waals surface area contributed by atoms with Gasteiger partial charge in [-0.15, -0.1) is 0 Å². The number of anilines is 2. The van der Waals surface area contributed by atoms with Crippen molar-refractivity contribution in [2.45, 2.75) is 18.2 Å². The monoisotopic (exact) mass is 424 g/mol. The van der Waals surface area contributed by atoms with Crippen LogP contribution >= 0.6 is 0 Å². The Kier molecular flexibility index (Phi) is 5.35. The van der Waals surface area contributed by atoms with E-state index < -0.39 is 20.0 Å². The third-order valence-corrected chi connectivity index (χ3v) is 7.56. The van der Waals surface area contributed by atoms with E-state index in [-0.39, 0.29) is 40.8 Å². The summed E-state index contributed by atoms with van der Waals surface area (Å²) >= 11 is 0. The quantitative estimate of drug-likeness (QED) is 0.762. The van der Waals surface area contributed by atoms with Crippen molar-refractivity contribution in [2.24, 2.45) is 0 Å². The van der Waals surface area contributed by atoms with Crippen molar-refractivity contribution >= 4 is 37.2 Å². The molecular formula is C18H20N2O6S2. The van der Waals surface area contributed by atoms with Crippen LogP contribution in [0.15, 0.2) is 47.4 Å². The molecule has 0 aromatic heterocycles. The summed E-state index contributed by atoms with van der Waals surface area (Å²) in [6.07, 6.45) is 0.0763. The molecule has 0 radical (unpaired) electrons. The van der Waals surface area contributed by atoms with Gasteiger partial charge in [-0.2, -0.15) is 0 Å². The number of carbonyl (C=O) groups excluding carboxylic acids is 1. The first-order chi connectivity index (χ1) is 13.2. The number of rotatable bonds is 6. The van der Waals surface area contributed by atoms with Crippen LogP contribution in [-0.4, -0.2) is 42.0 Å². The summed E-state index contributed by atoms with van der Waals surface area (Å²) in [7, 11) is -6.24. The lowest BCUT2D eigenvalue weighted by Crippen LogP contribution is -2.37. The maximum Gasteiger partial charge on any atom is 0.268 e. The molecule has 1 aliphatic heterocycles. The summed E-state index contributed by atoms with van der Waals surface area (Å²) in [4.78, 5) is 12.0.